The Bertz CT molecular complexity index is 393. The van der Waals surface area contributed by atoms with E-state index < -0.39 is 14.1 Å². The fourth-order valence-electron chi connectivity index (χ4n) is 0.999. The molecule has 0 spiro atoms. The molecule has 0 saturated carbocycles. The molecule has 1 atom stereocenters. The molecule has 0 radical (unpaired) electrons. The van der Waals surface area contributed by atoms with Crippen molar-refractivity contribution in [3.05, 3.63) is 42.2 Å². The Labute approximate surface area is 150 Å². The molecule has 0 aromatic heterocycles. The molecule has 1 aromatic rings. The number of phosphoric ester groups is 1. The molecule has 0 aliphatic rings. The van der Waals surface area contributed by atoms with Gasteiger partial charge in [-0.3, -0.25) is 0 Å². The summed E-state index contributed by atoms with van der Waals surface area (Å²) in [4.78, 5) is 20.4. The molecule has 1 unspecified atom stereocenters. The molecule has 0 bridgehead atoms. The number of hydrogen-bond acceptors (Lipinski definition) is 5. The normalized spacial score (nSPS) is 12.4. The third kappa shape index (κ3) is 10.8. The Morgan fingerprint density at radius 2 is 1.78 bits per heavy atom. The first-order valence-electron chi connectivity index (χ1n) is 4.55. The number of ether oxygens (including phenoxy) is 1. The summed E-state index contributed by atoms with van der Waals surface area (Å²) in [6.07, 6.45) is 1.77. The summed E-state index contributed by atoms with van der Waals surface area (Å²) in [6.45, 7) is 1.32. The number of hydrogen-bond donors (Lipinski definition) is 0. The van der Waals surface area contributed by atoms with Gasteiger partial charge in [-0.05, 0) is 18.6 Å². The smallest absolute Gasteiger partial charge is 0.790 e. The summed E-state index contributed by atoms with van der Waals surface area (Å²) in [5.41, 5.74) is 0.891. The largest absolute Gasteiger partial charge is 1.00 e. The van der Waals surface area contributed by atoms with E-state index in [0.717, 1.165) is 5.56 Å². The van der Waals surface area contributed by atoms with E-state index in [4.69, 9.17) is 4.74 Å². The Balaban J connectivity index is 0. The molecule has 1 rings (SSSR count). The van der Waals surface area contributed by atoms with Gasteiger partial charge in [-0.2, -0.15) is 0 Å². The maximum absolute atomic E-state index is 10.2. The van der Waals surface area contributed by atoms with Gasteiger partial charge in [0.2, 0.25) is 0 Å². The van der Waals surface area contributed by atoms with Crippen molar-refractivity contribution in [3.8, 4) is 0 Å². The maximum Gasteiger partial charge on any atom is 1.00 e. The zero-order valence-corrected chi connectivity index (χ0v) is 15.5. The van der Waals surface area contributed by atoms with Crippen molar-refractivity contribution in [1.82, 2.24) is 0 Å². The van der Waals surface area contributed by atoms with E-state index in [2.05, 4.69) is 4.52 Å². The van der Waals surface area contributed by atoms with Crippen molar-refractivity contribution in [2.24, 2.45) is 0 Å². The summed E-state index contributed by atoms with van der Waals surface area (Å²) >= 11 is 0. The van der Waals surface area contributed by atoms with Crippen LogP contribution in [0.15, 0.2) is 36.6 Å². The van der Waals surface area contributed by atoms with Crippen LogP contribution in [-0.2, 0) is 13.8 Å². The van der Waals surface area contributed by atoms with E-state index in [9.17, 15) is 14.4 Å². The van der Waals surface area contributed by atoms with Crippen LogP contribution in [0.4, 0.5) is 0 Å². The number of rotatable bonds is 5. The molecule has 8 heteroatoms. The van der Waals surface area contributed by atoms with Crippen LogP contribution in [0.25, 0.3) is 6.08 Å². The minimum Gasteiger partial charge on any atom is -0.790 e. The maximum atomic E-state index is 10.2. The van der Waals surface area contributed by atoms with Gasteiger partial charge in [0, 0.05) is 0 Å². The molecule has 0 aliphatic heterocycles. The van der Waals surface area contributed by atoms with Crippen LogP contribution < -0.4 is 68.9 Å². The third-order valence-electron chi connectivity index (χ3n) is 1.61. The topological polar surface area (TPSA) is 81.7 Å². The monoisotopic (exact) mass is 288 g/mol. The van der Waals surface area contributed by atoms with Gasteiger partial charge in [-0.25, -0.2) is 0 Å². The molecule has 88 valence electrons. The number of phosphoric acid groups is 1. The molecule has 0 fully saturated rings. The fourth-order valence-corrected chi connectivity index (χ4v) is 1.41. The van der Waals surface area contributed by atoms with E-state index in [1.165, 1.54) is 13.2 Å². The first-order valence-corrected chi connectivity index (χ1v) is 6.01. The predicted octanol–water partition coefficient (Wildman–Crippen LogP) is -5.13. The summed E-state index contributed by atoms with van der Waals surface area (Å²) in [6, 6.07) is 9.26. The van der Waals surface area contributed by atoms with E-state index in [1.807, 2.05) is 30.3 Å². The molecule has 0 amide bonds. The second-order valence-electron chi connectivity index (χ2n) is 2.97. The van der Waals surface area contributed by atoms with Gasteiger partial charge >= 0.3 is 59.1 Å². The summed E-state index contributed by atoms with van der Waals surface area (Å²) in [5, 5.41) is 0. The van der Waals surface area contributed by atoms with Crippen molar-refractivity contribution in [2.45, 2.75) is 13.2 Å². The van der Waals surface area contributed by atoms with Crippen LogP contribution in [-0.4, -0.2) is 6.29 Å². The fraction of sp³-hybridized carbons (Fsp3) is 0.200. The van der Waals surface area contributed by atoms with E-state index in [0.29, 0.717) is 0 Å². The van der Waals surface area contributed by atoms with E-state index in [-0.39, 0.29) is 59.1 Å². The van der Waals surface area contributed by atoms with Gasteiger partial charge in [0.15, 0.2) is 6.29 Å². The standard InChI is InChI=1S/C10H13O5P.2Na/c1-9(15-16(11,12)13)14-8-7-10-5-3-2-4-6-10;;/h2-9H,1H3,(H2,11,12,13);;/q;2*+1/p-2/b8-7+;;. The second-order valence-corrected chi connectivity index (χ2v) is 4.08. The van der Waals surface area contributed by atoms with Gasteiger partial charge < -0.3 is 23.6 Å². The molecule has 18 heavy (non-hydrogen) atoms. The van der Waals surface area contributed by atoms with Crippen LogP contribution in [0.2, 0.25) is 0 Å². The average molecular weight is 288 g/mol. The van der Waals surface area contributed by atoms with Gasteiger partial charge in [-0.1, -0.05) is 30.3 Å². The van der Waals surface area contributed by atoms with Crippen LogP contribution in [0.1, 0.15) is 12.5 Å². The van der Waals surface area contributed by atoms with Gasteiger partial charge in [0.25, 0.3) is 0 Å². The van der Waals surface area contributed by atoms with Gasteiger partial charge in [0.05, 0.1) is 14.1 Å². The van der Waals surface area contributed by atoms with Crippen molar-refractivity contribution in [3.63, 3.8) is 0 Å². The molecule has 0 N–H and O–H groups in total. The predicted molar refractivity (Wildman–Crippen MR) is 54.7 cm³/mol. The summed E-state index contributed by atoms with van der Waals surface area (Å²) in [5.74, 6) is 0. The van der Waals surface area contributed by atoms with Gasteiger partial charge in [0.1, 0.15) is 0 Å². The molecular formula is C10H11Na2O5P. The first-order chi connectivity index (χ1) is 7.47. The average Bonchev–Trinajstić information content (AvgIpc) is 2.16. The van der Waals surface area contributed by atoms with Crippen LogP contribution in [0, 0.1) is 0 Å². The van der Waals surface area contributed by atoms with Crippen molar-refractivity contribution in [1.29, 1.82) is 0 Å². The van der Waals surface area contributed by atoms with E-state index in [1.54, 1.807) is 6.08 Å². The molecular weight excluding hydrogens is 277 g/mol. The summed E-state index contributed by atoms with van der Waals surface area (Å²) in [7, 11) is -4.99. The Morgan fingerprint density at radius 1 is 1.22 bits per heavy atom. The van der Waals surface area contributed by atoms with Crippen molar-refractivity contribution < 1.29 is 82.7 Å². The SMILES string of the molecule is CC(O/C=C/c1ccccc1)OP(=O)([O-])[O-].[Na+].[Na+]. The van der Waals surface area contributed by atoms with Gasteiger partial charge in [-0.15, -0.1) is 0 Å². The third-order valence-corrected chi connectivity index (χ3v) is 2.16. The Hall–Kier alpha value is 0.870. The second kappa shape index (κ2) is 10.6. The molecule has 0 aliphatic carbocycles. The molecule has 0 heterocycles. The van der Waals surface area contributed by atoms with Crippen LogP contribution in [0.5, 0.6) is 0 Å². The minimum atomic E-state index is -4.99. The first kappa shape index (κ1) is 21.2. The molecule has 0 saturated heterocycles. The van der Waals surface area contributed by atoms with Crippen LogP contribution in [0.3, 0.4) is 0 Å². The minimum absolute atomic E-state index is 0. The Kier molecular flexibility index (Phi) is 12.5. The zero-order valence-electron chi connectivity index (χ0n) is 10.6. The summed E-state index contributed by atoms with van der Waals surface area (Å²) < 4.78 is 19.1. The van der Waals surface area contributed by atoms with Crippen LogP contribution >= 0.6 is 7.82 Å². The quantitative estimate of drug-likeness (QED) is 0.234. The molecule has 5 nitrogen and oxygen atoms in total. The van der Waals surface area contributed by atoms with E-state index >= 15 is 0 Å². The number of benzene rings is 1. The zero-order chi connectivity index (χ0) is 12.0. The molecule has 1 aromatic carbocycles. The van der Waals surface area contributed by atoms with Crippen molar-refractivity contribution >= 4 is 13.9 Å². The Morgan fingerprint density at radius 3 is 2.28 bits per heavy atom. The van der Waals surface area contributed by atoms with Crippen molar-refractivity contribution in [2.75, 3.05) is 0 Å².